The molecular formula is C14H18F2O4. The summed E-state index contributed by atoms with van der Waals surface area (Å²) in [7, 11) is 1.35. The van der Waals surface area contributed by atoms with Crippen molar-refractivity contribution in [2.75, 3.05) is 13.7 Å². The third kappa shape index (κ3) is 3.52. The van der Waals surface area contributed by atoms with Crippen LogP contribution in [0.3, 0.4) is 0 Å². The minimum absolute atomic E-state index is 0.213. The Balaban J connectivity index is 1.89. The van der Waals surface area contributed by atoms with Gasteiger partial charge in [0.05, 0.1) is 13.2 Å². The van der Waals surface area contributed by atoms with Gasteiger partial charge in [0.15, 0.2) is 6.29 Å². The first-order valence-corrected chi connectivity index (χ1v) is 6.40. The van der Waals surface area contributed by atoms with Gasteiger partial charge < -0.3 is 19.3 Å². The van der Waals surface area contributed by atoms with Crippen molar-refractivity contribution >= 4 is 0 Å². The second-order valence-corrected chi connectivity index (χ2v) is 4.72. The van der Waals surface area contributed by atoms with E-state index in [1.54, 1.807) is 0 Å². The number of benzene rings is 1. The summed E-state index contributed by atoms with van der Waals surface area (Å²) in [5.74, 6) is -3.34. The van der Waals surface area contributed by atoms with Crippen molar-refractivity contribution in [3.63, 3.8) is 0 Å². The Bertz CT molecular complexity index is 413. The van der Waals surface area contributed by atoms with E-state index in [1.807, 2.05) is 30.3 Å². The maximum absolute atomic E-state index is 13.8. The number of ether oxygens (including phenoxy) is 3. The van der Waals surface area contributed by atoms with Gasteiger partial charge in [-0.3, -0.25) is 0 Å². The van der Waals surface area contributed by atoms with Gasteiger partial charge in [0.25, 0.3) is 0 Å². The van der Waals surface area contributed by atoms with Crippen LogP contribution in [0.2, 0.25) is 0 Å². The zero-order valence-electron chi connectivity index (χ0n) is 11.2. The number of hydrogen-bond donors (Lipinski definition) is 1. The first-order valence-electron chi connectivity index (χ1n) is 6.40. The zero-order chi connectivity index (χ0) is 14.6. The van der Waals surface area contributed by atoms with Gasteiger partial charge in [-0.1, -0.05) is 30.3 Å². The van der Waals surface area contributed by atoms with Gasteiger partial charge in [0.2, 0.25) is 0 Å². The molecule has 20 heavy (non-hydrogen) atoms. The lowest BCUT2D eigenvalue weighted by molar-refractivity contribution is -0.305. The van der Waals surface area contributed by atoms with Crippen LogP contribution >= 0.6 is 0 Å². The van der Waals surface area contributed by atoms with Gasteiger partial charge in [-0.25, -0.2) is 8.78 Å². The van der Waals surface area contributed by atoms with Crippen LogP contribution in [-0.2, 0) is 20.8 Å². The van der Waals surface area contributed by atoms with Crippen molar-refractivity contribution in [1.29, 1.82) is 0 Å². The average molecular weight is 288 g/mol. The van der Waals surface area contributed by atoms with Crippen LogP contribution in [0.1, 0.15) is 12.0 Å². The molecule has 0 unspecified atom stereocenters. The Morgan fingerprint density at radius 2 is 2.05 bits per heavy atom. The lowest BCUT2D eigenvalue weighted by atomic mass is 10.0. The third-order valence-corrected chi connectivity index (χ3v) is 3.25. The van der Waals surface area contributed by atoms with Crippen molar-refractivity contribution < 1.29 is 28.1 Å². The van der Waals surface area contributed by atoms with Crippen LogP contribution < -0.4 is 0 Å². The highest BCUT2D eigenvalue weighted by molar-refractivity contribution is 5.13. The summed E-state index contributed by atoms with van der Waals surface area (Å²) >= 11 is 0. The lowest BCUT2D eigenvalue weighted by Crippen LogP contribution is -2.55. The molecule has 0 radical (unpaired) electrons. The quantitative estimate of drug-likeness (QED) is 0.900. The molecule has 0 aromatic heterocycles. The Kier molecular flexibility index (Phi) is 5.04. The average Bonchev–Trinajstić information content (AvgIpc) is 2.44. The minimum atomic E-state index is -3.34. The lowest BCUT2D eigenvalue weighted by Gasteiger charge is -2.38. The number of aliphatic hydroxyl groups is 1. The highest BCUT2D eigenvalue weighted by Gasteiger charge is 2.53. The monoisotopic (exact) mass is 288 g/mol. The summed E-state index contributed by atoms with van der Waals surface area (Å²) in [5.41, 5.74) is 0.885. The zero-order valence-corrected chi connectivity index (χ0v) is 11.2. The second kappa shape index (κ2) is 6.58. The molecule has 6 heteroatoms. The summed E-state index contributed by atoms with van der Waals surface area (Å²) < 4.78 is 42.8. The van der Waals surface area contributed by atoms with Crippen LogP contribution in [0.25, 0.3) is 0 Å². The summed E-state index contributed by atoms with van der Waals surface area (Å²) in [4.78, 5) is 0. The molecule has 1 fully saturated rings. The Morgan fingerprint density at radius 3 is 2.70 bits per heavy atom. The standard InChI is InChI=1S/C14H18F2O4/c1-18-13-7-11(17)14(15,16)12(20-13)9-19-8-10-5-3-2-4-6-10/h2-6,11-13,17H,7-9H2,1H3/t11-,12-,13-/m1/s1. The molecule has 1 aromatic carbocycles. The molecule has 0 amide bonds. The number of rotatable bonds is 5. The Hall–Kier alpha value is -1.08. The predicted molar refractivity (Wildman–Crippen MR) is 67.3 cm³/mol. The van der Waals surface area contributed by atoms with Gasteiger partial charge in [-0.2, -0.15) is 0 Å². The van der Waals surface area contributed by atoms with Crippen molar-refractivity contribution in [1.82, 2.24) is 0 Å². The van der Waals surface area contributed by atoms with E-state index in [0.29, 0.717) is 0 Å². The molecule has 1 aliphatic rings. The van der Waals surface area contributed by atoms with E-state index in [-0.39, 0.29) is 19.6 Å². The number of halogens is 2. The maximum atomic E-state index is 13.8. The summed E-state index contributed by atoms with van der Waals surface area (Å²) in [5, 5.41) is 9.46. The van der Waals surface area contributed by atoms with Crippen molar-refractivity contribution in [3.8, 4) is 0 Å². The van der Waals surface area contributed by atoms with Crippen LogP contribution in [0.4, 0.5) is 8.78 Å². The molecule has 1 aromatic rings. The molecule has 3 atom stereocenters. The highest BCUT2D eigenvalue weighted by atomic mass is 19.3. The number of alkyl halides is 2. The van der Waals surface area contributed by atoms with Gasteiger partial charge in [0, 0.05) is 13.5 Å². The van der Waals surface area contributed by atoms with Crippen molar-refractivity contribution in [3.05, 3.63) is 35.9 Å². The smallest absolute Gasteiger partial charge is 0.301 e. The second-order valence-electron chi connectivity index (χ2n) is 4.72. The van der Waals surface area contributed by atoms with Crippen LogP contribution in [0.5, 0.6) is 0 Å². The van der Waals surface area contributed by atoms with Crippen LogP contribution in [-0.4, -0.2) is 43.2 Å². The van der Waals surface area contributed by atoms with Crippen LogP contribution in [0.15, 0.2) is 30.3 Å². The highest BCUT2D eigenvalue weighted by Crippen LogP contribution is 2.34. The van der Waals surface area contributed by atoms with Gasteiger partial charge in [-0.05, 0) is 5.56 Å². The van der Waals surface area contributed by atoms with E-state index in [4.69, 9.17) is 14.2 Å². The number of aliphatic hydroxyl groups excluding tert-OH is 1. The molecule has 0 bridgehead atoms. The van der Waals surface area contributed by atoms with E-state index in [2.05, 4.69) is 0 Å². The predicted octanol–water partition coefficient (Wildman–Crippen LogP) is 1.96. The van der Waals surface area contributed by atoms with Crippen LogP contribution in [0, 0.1) is 0 Å². The fourth-order valence-corrected chi connectivity index (χ4v) is 2.04. The van der Waals surface area contributed by atoms with Gasteiger partial charge in [0.1, 0.15) is 12.2 Å². The summed E-state index contributed by atoms with van der Waals surface area (Å²) in [6.07, 6.45) is -4.39. The molecule has 1 aliphatic heterocycles. The van der Waals surface area contributed by atoms with E-state index in [0.717, 1.165) is 5.56 Å². The van der Waals surface area contributed by atoms with E-state index < -0.39 is 24.4 Å². The summed E-state index contributed by atoms with van der Waals surface area (Å²) in [6, 6.07) is 9.23. The molecular weight excluding hydrogens is 270 g/mol. The SMILES string of the molecule is CO[C@H]1C[C@@H](O)C(F)(F)[C@@H](COCc2ccccc2)O1. The first-order chi connectivity index (χ1) is 9.54. The largest absolute Gasteiger partial charge is 0.387 e. The topological polar surface area (TPSA) is 47.9 Å². The molecule has 1 N–H and O–H groups in total. The molecule has 112 valence electrons. The number of methoxy groups -OCH3 is 1. The summed E-state index contributed by atoms with van der Waals surface area (Å²) in [6.45, 7) is -0.0939. The van der Waals surface area contributed by atoms with E-state index >= 15 is 0 Å². The first kappa shape index (κ1) is 15.3. The fourth-order valence-electron chi connectivity index (χ4n) is 2.04. The van der Waals surface area contributed by atoms with Crippen molar-refractivity contribution in [2.24, 2.45) is 0 Å². The minimum Gasteiger partial charge on any atom is -0.387 e. The maximum Gasteiger partial charge on any atom is 0.301 e. The molecule has 4 nitrogen and oxygen atoms in total. The molecule has 1 heterocycles. The van der Waals surface area contributed by atoms with Crippen molar-refractivity contribution in [2.45, 2.75) is 37.4 Å². The molecule has 0 saturated carbocycles. The Labute approximate surface area is 116 Å². The Morgan fingerprint density at radius 1 is 1.35 bits per heavy atom. The third-order valence-electron chi connectivity index (χ3n) is 3.25. The van der Waals surface area contributed by atoms with E-state index in [9.17, 15) is 13.9 Å². The van der Waals surface area contributed by atoms with E-state index in [1.165, 1.54) is 7.11 Å². The molecule has 1 saturated heterocycles. The molecule has 0 spiro atoms. The van der Waals surface area contributed by atoms with Gasteiger partial charge >= 0.3 is 5.92 Å². The molecule has 2 rings (SSSR count). The molecule has 0 aliphatic carbocycles. The fraction of sp³-hybridized carbons (Fsp3) is 0.571. The van der Waals surface area contributed by atoms with Gasteiger partial charge in [-0.15, -0.1) is 0 Å². The number of hydrogen-bond acceptors (Lipinski definition) is 4. The normalized spacial score (nSPS) is 29.3.